The Bertz CT molecular complexity index is 458. The molecule has 0 saturated carbocycles. The lowest BCUT2D eigenvalue weighted by molar-refractivity contribution is -0.125. The maximum atomic E-state index is 13.4. The first-order valence-electron chi connectivity index (χ1n) is 6.02. The number of hydrogen-bond donors (Lipinski definition) is 2. The third-order valence-corrected chi connectivity index (χ3v) is 3.76. The normalized spacial score (nSPS) is 23.9. The van der Waals surface area contributed by atoms with Gasteiger partial charge in [-0.05, 0) is 49.9 Å². The zero-order valence-electron chi connectivity index (χ0n) is 10.0. The zero-order chi connectivity index (χ0) is 13.2. The fraction of sp³-hybridized carbons (Fsp3) is 0.462. The fourth-order valence-corrected chi connectivity index (χ4v) is 2.53. The first-order valence-corrected chi connectivity index (χ1v) is 6.40. The molecule has 1 aromatic rings. The number of benzene rings is 1. The molecule has 18 heavy (non-hydrogen) atoms. The zero-order valence-corrected chi connectivity index (χ0v) is 10.8. The van der Waals surface area contributed by atoms with E-state index in [1.165, 1.54) is 12.1 Å². The van der Waals surface area contributed by atoms with E-state index in [1.807, 2.05) is 0 Å². The number of halogens is 2. The van der Waals surface area contributed by atoms with E-state index in [0.717, 1.165) is 24.9 Å². The lowest BCUT2D eigenvalue weighted by atomic mass is 9.82. The van der Waals surface area contributed by atoms with Crippen LogP contribution in [0.25, 0.3) is 0 Å². The smallest absolute Gasteiger partial charge is 0.238 e. The van der Waals surface area contributed by atoms with Gasteiger partial charge in [0.15, 0.2) is 0 Å². The van der Waals surface area contributed by atoms with Crippen LogP contribution in [0.5, 0.6) is 0 Å². The predicted octanol–water partition coefficient (Wildman–Crippen LogP) is 2.02. The number of amides is 1. The molecule has 0 spiro atoms. The summed E-state index contributed by atoms with van der Waals surface area (Å²) in [6.45, 7) is 0.763. The molecule has 1 amide bonds. The average Bonchev–Trinajstić information content (AvgIpc) is 2.35. The molecular formula is C13H16ClFN2O. The third-order valence-electron chi connectivity index (χ3n) is 3.46. The molecule has 1 fully saturated rings. The van der Waals surface area contributed by atoms with Crippen molar-refractivity contribution in [1.29, 1.82) is 0 Å². The first-order chi connectivity index (χ1) is 8.53. The van der Waals surface area contributed by atoms with Crippen molar-refractivity contribution in [1.82, 2.24) is 5.32 Å². The van der Waals surface area contributed by atoms with Gasteiger partial charge in [0.1, 0.15) is 11.4 Å². The van der Waals surface area contributed by atoms with Crippen molar-refractivity contribution in [2.24, 2.45) is 5.73 Å². The van der Waals surface area contributed by atoms with Gasteiger partial charge < -0.3 is 11.1 Å². The number of carbonyl (C=O) groups is 1. The molecule has 1 heterocycles. The second kappa shape index (κ2) is 5.24. The van der Waals surface area contributed by atoms with Crippen LogP contribution in [0, 0.1) is 5.82 Å². The maximum absolute atomic E-state index is 13.4. The van der Waals surface area contributed by atoms with Crippen molar-refractivity contribution in [2.45, 2.75) is 31.2 Å². The van der Waals surface area contributed by atoms with Crippen molar-refractivity contribution in [3.63, 3.8) is 0 Å². The van der Waals surface area contributed by atoms with Crippen molar-refractivity contribution < 1.29 is 9.18 Å². The Labute approximate surface area is 111 Å². The summed E-state index contributed by atoms with van der Waals surface area (Å²) in [5.74, 6) is -0.845. The van der Waals surface area contributed by atoms with Gasteiger partial charge in [-0.1, -0.05) is 17.7 Å². The Morgan fingerprint density at radius 3 is 2.83 bits per heavy atom. The Balaban J connectivity index is 2.23. The molecule has 2 rings (SSSR count). The molecule has 98 valence electrons. The maximum Gasteiger partial charge on any atom is 0.238 e. The van der Waals surface area contributed by atoms with Gasteiger partial charge in [0.25, 0.3) is 0 Å². The molecule has 0 unspecified atom stereocenters. The molecule has 1 saturated heterocycles. The van der Waals surface area contributed by atoms with Crippen LogP contribution in [0.1, 0.15) is 24.8 Å². The average molecular weight is 271 g/mol. The van der Waals surface area contributed by atoms with Gasteiger partial charge in [0.2, 0.25) is 5.91 Å². The second-order valence-corrected chi connectivity index (χ2v) is 5.16. The number of nitrogens with one attached hydrogen (secondary N) is 1. The topological polar surface area (TPSA) is 55.1 Å². The first kappa shape index (κ1) is 13.3. The van der Waals surface area contributed by atoms with Gasteiger partial charge in [-0.15, -0.1) is 0 Å². The molecule has 1 aliphatic heterocycles. The summed E-state index contributed by atoms with van der Waals surface area (Å²) < 4.78 is 13.4. The molecule has 5 heteroatoms. The number of nitrogens with two attached hydrogens (primary N) is 1. The van der Waals surface area contributed by atoms with Crippen LogP contribution in [0.3, 0.4) is 0 Å². The molecular weight excluding hydrogens is 255 g/mol. The minimum Gasteiger partial charge on any atom is -0.368 e. The molecule has 1 atom stereocenters. The summed E-state index contributed by atoms with van der Waals surface area (Å²) in [5.41, 5.74) is 5.47. The molecule has 0 aromatic heterocycles. The van der Waals surface area contributed by atoms with E-state index in [4.69, 9.17) is 17.3 Å². The van der Waals surface area contributed by atoms with Gasteiger partial charge >= 0.3 is 0 Å². The number of piperidine rings is 1. The second-order valence-electron chi connectivity index (χ2n) is 4.76. The van der Waals surface area contributed by atoms with Crippen LogP contribution in [-0.2, 0) is 11.2 Å². The van der Waals surface area contributed by atoms with Crippen LogP contribution in [0.2, 0.25) is 5.02 Å². The summed E-state index contributed by atoms with van der Waals surface area (Å²) in [4.78, 5) is 11.7. The van der Waals surface area contributed by atoms with Crippen LogP contribution < -0.4 is 11.1 Å². The minimum absolute atomic E-state index is 0.0866. The standard InChI is InChI=1S/C13H16ClFN2O/c14-10-4-3-9(7-11(10)15)8-13(12(16)18)5-1-2-6-17-13/h3-4,7,17H,1-2,5-6,8H2,(H2,16,18)/t13-/m0/s1. The predicted molar refractivity (Wildman–Crippen MR) is 68.9 cm³/mol. The number of primary amides is 1. The Morgan fingerprint density at radius 1 is 1.50 bits per heavy atom. The van der Waals surface area contributed by atoms with Crippen LogP contribution in [0.15, 0.2) is 18.2 Å². The number of carbonyl (C=O) groups excluding carboxylic acids is 1. The molecule has 1 aromatic carbocycles. The van der Waals surface area contributed by atoms with Crippen LogP contribution in [0.4, 0.5) is 4.39 Å². The Kier molecular flexibility index (Phi) is 3.88. The highest BCUT2D eigenvalue weighted by Gasteiger charge is 2.37. The largest absolute Gasteiger partial charge is 0.368 e. The molecule has 0 aliphatic carbocycles. The van der Waals surface area contributed by atoms with E-state index in [0.29, 0.717) is 12.8 Å². The fourth-order valence-electron chi connectivity index (χ4n) is 2.41. The molecule has 3 N–H and O–H groups in total. The lowest BCUT2D eigenvalue weighted by Gasteiger charge is -2.35. The van der Waals surface area contributed by atoms with Crippen LogP contribution in [-0.4, -0.2) is 18.0 Å². The third kappa shape index (κ3) is 2.65. The summed E-state index contributed by atoms with van der Waals surface area (Å²) >= 11 is 5.64. The lowest BCUT2D eigenvalue weighted by Crippen LogP contribution is -2.59. The highest BCUT2D eigenvalue weighted by molar-refractivity contribution is 6.30. The minimum atomic E-state index is -0.751. The van der Waals surface area contributed by atoms with E-state index < -0.39 is 11.4 Å². The van der Waals surface area contributed by atoms with E-state index in [2.05, 4.69) is 5.32 Å². The molecule has 0 bridgehead atoms. The molecule has 0 radical (unpaired) electrons. The quantitative estimate of drug-likeness (QED) is 0.883. The summed E-state index contributed by atoms with van der Waals surface area (Å²) in [5, 5.41) is 3.27. The Hall–Kier alpha value is -1.13. The van der Waals surface area contributed by atoms with Gasteiger partial charge in [-0.3, -0.25) is 4.79 Å². The van der Waals surface area contributed by atoms with E-state index in [-0.39, 0.29) is 10.9 Å². The summed E-state index contributed by atoms with van der Waals surface area (Å²) in [6.07, 6.45) is 3.07. The number of rotatable bonds is 3. The highest BCUT2D eigenvalue weighted by atomic mass is 35.5. The van der Waals surface area contributed by atoms with E-state index >= 15 is 0 Å². The van der Waals surface area contributed by atoms with Gasteiger partial charge in [-0.2, -0.15) is 0 Å². The van der Waals surface area contributed by atoms with Gasteiger partial charge in [0.05, 0.1) is 5.02 Å². The number of hydrogen-bond acceptors (Lipinski definition) is 2. The van der Waals surface area contributed by atoms with Crippen molar-refractivity contribution in [3.05, 3.63) is 34.6 Å². The highest BCUT2D eigenvalue weighted by Crippen LogP contribution is 2.25. The van der Waals surface area contributed by atoms with Crippen molar-refractivity contribution in [2.75, 3.05) is 6.54 Å². The van der Waals surface area contributed by atoms with E-state index in [1.54, 1.807) is 6.07 Å². The van der Waals surface area contributed by atoms with Crippen molar-refractivity contribution in [3.8, 4) is 0 Å². The molecule has 1 aliphatic rings. The SMILES string of the molecule is NC(=O)[C@@]1(Cc2ccc(Cl)c(F)c2)CCCCN1. The monoisotopic (exact) mass is 270 g/mol. The van der Waals surface area contributed by atoms with Gasteiger partial charge in [0, 0.05) is 0 Å². The Morgan fingerprint density at radius 2 is 2.28 bits per heavy atom. The molecule has 3 nitrogen and oxygen atoms in total. The van der Waals surface area contributed by atoms with Gasteiger partial charge in [-0.25, -0.2) is 4.39 Å². The summed E-state index contributed by atoms with van der Waals surface area (Å²) in [7, 11) is 0. The van der Waals surface area contributed by atoms with Crippen molar-refractivity contribution >= 4 is 17.5 Å². The van der Waals surface area contributed by atoms with E-state index in [9.17, 15) is 9.18 Å². The summed E-state index contributed by atoms with van der Waals surface area (Å²) in [6, 6.07) is 4.60. The van der Waals surface area contributed by atoms with Crippen LogP contribution >= 0.6 is 11.6 Å².